The molecule has 2 aromatic rings. The summed E-state index contributed by atoms with van der Waals surface area (Å²) >= 11 is 7.68. The third-order valence-electron chi connectivity index (χ3n) is 2.90. The zero-order chi connectivity index (χ0) is 15.2. The number of nitrogens with zero attached hydrogens (tertiary/aromatic N) is 2. The number of hydrogen-bond donors (Lipinski definition) is 2. The Balaban J connectivity index is 2.17. The first-order chi connectivity index (χ1) is 10.1. The molecule has 114 valence electrons. The first-order valence-corrected chi connectivity index (χ1v) is 7.59. The van der Waals surface area contributed by atoms with Gasteiger partial charge in [-0.05, 0) is 29.5 Å². The largest absolute Gasteiger partial charge is 0.383 e. The van der Waals surface area contributed by atoms with Crippen molar-refractivity contribution in [3.63, 3.8) is 0 Å². The molecule has 0 radical (unpaired) electrons. The number of benzene rings is 1. The van der Waals surface area contributed by atoms with Crippen LogP contribution in [0.15, 0.2) is 33.0 Å². The van der Waals surface area contributed by atoms with Crippen molar-refractivity contribution in [2.24, 2.45) is 7.05 Å². The molecule has 0 bridgehead atoms. The van der Waals surface area contributed by atoms with Gasteiger partial charge in [0.2, 0.25) is 0 Å². The lowest BCUT2D eigenvalue weighted by molar-refractivity contribution is 0.199. The van der Waals surface area contributed by atoms with E-state index in [9.17, 15) is 4.79 Å². The van der Waals surface area contributed by atoms with Crippen molar-refractivity contribution in [1.29, 1.82) is 0 Å². The normalized spacial score (nSPS) is 11.0. The molecular weight excluding hydrogens is 312 g/mol. The number of methoxy groups -OCH3 is 1. The molecule has 1 aromatic heterocycles. The van der Waals surface area contributed by atoms with Gasteiger partial charge < -0.3 is 10.1 Å². The second kappa shape index (κ2) is 7.65. The van der Waals surface area contributed by atoms with Gasteiger partial charge in [0.05, 0.1) is 6.61 Å². The van der Waals surface area contributed by atoms with Crippen LogP contribution in [-0.2, 0) is 18.3 Å². The zero-order valence-corrected chi connectivity index (χ0v) is 13.4. The van der Waals surface area contributed by atoms with E-state index in [4.69, 9.17) is 16.3 Å². The molecule has 0 saturated carbocycles. The summed E-state index contributed by atoms with van der Waals surface area (Å²) in [4.78, 5) is 12.4. The number of ether oxygens (including phenoxy) is 1. The monoisotopic (exact) mass is 328 g/mol. The van der Waals surface area contributed by atoms with E-state index in [0.29, 0.717) is 23.3 Å². The van der Waals surface area contributed by atoms with Gasteiger partial charge in [-0.25, -0.2) is 9.89 Å². The summed E-state index contributed by atoms with van der Waals surface area (Å²) in [7, 11) is 3.34. The van der Waals surface area contributed by atoms with Gasteiger partial charge in [0.25, 0.3) is 0 Å². The lowest BCUT2D eigenvalue weighted by atomic mass is 10.2. The SMILES string of the molecule is COCCNCc1c(Cl)cccc1Sc1n[nH]c(=O)n1C. The molecule has 2 rings (SSSR count). The van der Waals surface area contributed by atoms with Crippen LogP contribution in [0, 0.1) is 0 Å². The Hall–Kier alpha value is -1.28. The number of aromatic amines is 1. The molecule has 0 aliphatic heterocycles. The molecule has 2 N–H and O–H groups in total. The molecule has 0 spiro atoms. The van der Waals surface area contributed by atoms with Crippen LogP contribution in [0.3, 0.4) is 0 Å². The van der Waals surface area contributed by atoms with Gasteiger partial charge in [-0.3, -0.25) is 4.57 Å². The van der Waals surface area contributed by atoms with E-state index in [0.717, 1.165) is 17.0 Å². The first-order valence-electron chi connectivity index (χ1n) is 6.39. The van der Waals surface area contributed by atoms with Crippen molar-refractivity contribution < 1.29 is 4.74 Å². The van der Waals surface area contributed by atoms with Crippen molar-refractivity contribution in [2.45, 2.75) is 16.6 Å². The molecule has 1 aromatic carbocycles. The molecule has 0 fully saturated rings. The minimum absolute atomic E-state index is 0.237. The van der Waals surface area contributed by atoms with Crippen LogP contribution < -0.4 is 11.0 Å². The molecule has 0 aliphatic rings. The summed E-state index contributed by atoms with van der Waals surface area (Å²) in [5.74, 6) is 0. The molecule has 8 heteroatoms. The molecule has 1 heterocycles. The summed E-state index contributed by atoms with van der Waals surface area (Å²) in [5, 5.41) is 11.0. The molecule has 0 unspecified atom stereocenters. The smallest absolute Gasteiger partial charge is 0.343 e. The highest BCUT2D eigenvalue weighted by molar-refractivity contribution is 7.99. The van der Waals surface area contributed by atoms with Crippen LogP contribution in [0.5, 0.6) is 0 Å². The van der Waals surface area contributed by atoms with E-state index in [1.54, 1.807) is 14.2 Å². The zero-order valence-electron chi connectivity index (χ0n) is 11.9. The highest BCUT2D eigenvalue weighted by atomic mass is 35.5. The minimum Gasteiger partial charge on any atom is -0.383 e. The average molecular weight is 329 g/mol. The Kier molecular flexibility index (Phi) is 5.86. The fourth-order valence-electron chi connectivity index (χ4n) is 1.72. The molecule has 6 nitrogen and oxygen atoms in total. The van der Waals surface area contributed by atoms with Gasteiger partial charge in [-0.1, -0.05) is 17.7 Å². The van der Waals surface area contributed by atoms with Crippen LogP contribution in [0.4, 0.5) is 0 Å². The topological polar surface area (TPSA) is 71.9 Å². The maximum absolute atomic E-state index is 11.4. The third kappa shape index (κ3) is 4.10. The van der Waals surface area contributed by atoms with Crippen LogP contribution in [-0.4, -0.2) is 35.0 Å². The summed E-state index contributed by atoms with van der Waals surface area (Å²) in [6.45, 7) is 2.01. The molecule has 0 atom stereocenters. The van der Waals surface area contributed by atoms with Gasteiger partial charge >= 0.3 is 5.69 Å². The van der Waals surface area contributed by atoms with Gasteiger partial charge in [-0.2, -0.15) is 0 Å². The number of nitrogens with one attached hydrogen (secondary N) is 2. The maximum atomic E-state index is 11.4. The lowest BCUT2D eigenvalue weighted by Crippen LogP contribution is -2.19. The summed E-state index contributed by atoms with van der Waals surface area (Å²) in [6.07, 6.45) is 0. The predicted octanol–water partition coefficient (Wildman–Crippen LogP) is 1.65. The van der Waals surface area contributed by atoms with Crippen molar-refractivity contribution in [2.75, 3.05) is 20.3 Å². The van der Waals surface area contributed by atoms with Gasteiger partial charge in [0, 0.05) is 37.2 Å². The Bertz CT molecular complexity index is 656. The highest BCUT2D eigenvalue weighted by Gasteiger charge is 2.12. The standard InChI is InChI=1S/C13H17ClN4O2S/c1-18-12(19)16-17-13(18)21-11-5-3-4-10(14)9(11)8-15-6-7-20-2/h3-5,15H,6-8H2,1-2H3,(H,16,19). The second-order valence-electron chi connectivity index (χ2n) is 4.36. The minimum atomic E-state index is -0.237. The molecule has 21 heavy (non-hydrogen) atoms. The van der Waals surface area contributed by atoms with Crippen LogP contribution in [0.2, 0.25) is 5.02 Å². The third-order valence-corrected chi connectivity index (χ3v) is 4.40. The number of aromatic nitrogens is 3. The van der Waals surface area contributed by atoms with E-state index in [1.807, 2.05) is 18.2 Å². The van der Waals surface area contributed by atoms with E-state index in [2.05, 4.69) is 15.5 Å². The summed E-state index contributed by atoms with van der Waals surface area (Å²) < 4.78 is 6.47. The van der Waals surface area contributed by atoms with Crippen molar-refractivity contribution in [1.82, 2.24) is 20.1 Å². The lowest BCUT2D eigenvalue weighted by Gasteiger charge is -2.11. The van der Waals surface area contributed by atoms with Gasteiger partial charge in [0.15, 0.2) is 5.16 Å². The van der Waals surface area contributed by atoms with Gasteiger partial charge in [0.1, 0.15) is 0 Å². The quantitative estimate of drug-likeness (QED) is 0.756. The van der Waals surface area contributed by atoms with Gasteiger partial charge in [-0.15, -0.1) is 5.10 Å². The fraction of sp³-hybridized carbons (Fsp3) is 0.385. The Labute approximate surface area is 131 Å². The van der Waals surface area contributed by atoms with Crippen molar-refractivity contribution in [3.05, 3.63) is 39.3 Å². The summed E-state index contributed by atoms with van der Waals surface area (Å²) in [6, 6.07) is 5.69. The molecule has 0 aliphatic carbocycles. The Morgan fingerprint density at radius 2 is 2.33 bits per heavy atom. The molecule has 0 saturated heterocycles. The van der Waals surface area contributed by atoms with E-state index in [1.165, 1.54) is 16.3 Å². The van der Waals surface area contributed by atoms with E-state index in [-0.39, 0.29) is 5.69 Å². The highest BCUT2D eigenvalue weighted by Crippen LogP contribution is 2.32. The van der Waals surface area contributed by atoms with E-state index < -0.39 is 0 Å². The summed E-state index contributed by atoms with van der Waals surface area (Å²) in [5.41, 5.74) is 0.745. The average Bonchev–Trinajstić information content (AvgIpc) is 2.78. The number of halogens is 1. The Morgan fingerprint density at radius 1 is 1.52 bits per heavy atom. The van der Waals surface area contributed by atoms with E-state index >= 15 is 0 Å². The molecular formula is C13H17ClN4O2S. The van der Waals surface area contributed by atoms with Crippen molar-refractivity contribution in [3.8, 4) is 0 Å². The van der Waals surface area contributed by atoms with Crippen molar-refractivity contribution >= 4 is 23.4 Å². The number of hydrogen-bond acceptors (Lipinski definition) is 5. The van der Waals surface area contributed by atoms with Crippen LogP contribution in [0.25, 0.3) is 0 Å². The fourth-order valence-corrected chi connectivity index (χ4v) is 2.97. The Morgan fingerprint density at radius 3 is 3.00 bits per heavy atom. The first kappa shape index (κ1) is 16.1. The number of H-pyrrole nitrogens is 1. The number of rotatable bonds is 7. The molecule has 0 amide bonds. The predicted molar refractivity (Wildman–Crippen MR) is 83.0 cm³/mol. The maximum Gasteiger partial charge on any atom is 0.343 e. The van der Waals surface area contributed by atoms with Crippen LogP contribution in [0.1, 0.15) is 5.56 Å². The second-order valence-corrected chi connectivity index (χ2v) is 5.77. The van der Waals surface area contributed by atoms with Crippen LogP contribution >= 0.6 is 23.4 Å².